The third-order valence-electron chi connectivity index (χ3n) is 4.39. The van der Waals surface area contributed by atoms with E-state index >= 15 is 0 Å². The number of hydrogen-bond acceptors (Lipinski definition) is 2. The summed E-state index contributed by atoms with van der Waals surface area (Å²) < 4.78 is 0. The van der Waals surface area contributed by atoms with Crippen molar-refractivity contribution in [1.82, 2.24) is 0 Å². The van der Waals surface area contributed by atoms with Crippen LogP contribution in [0.25, 0.3) is 0 Å². The van der Waals surface area contributed by atoms with Gasteiger partial charge in [0.2, 0.25) is 0 Å². The lowest BCUT2D eigenvalue weighted by atomic mass is 9.75. The van der Waals surface area contributed by atoms with Crippen LogP contribution in [0.4, 0.5) is 0 Å². The maximum absolute atomic E-state index is 10.6. The molecule has 2 rings (SSSR count). The third kappa shape index (κ3) is 2.60. The molecule has 0 bridgehead atoms. The molecule has 0 heterocycles. The molecule has 1 fully saturated rings. The van der Waals surface area contributed by atoms with Crippen molar-refractivity contribution in [3.05, 3.63) is 35.4 Å². The van der Waals surface area contributed by atoms with Crippen LogP contribution >= 0.6 is 0 Å². The van der Waals surface area contributed by atoms with Gasteiger partial charge in [-0.25, -0.2) is 0 Å². The lowest BCUT2D eigenvalue weighted by molar-refractivity contribution is 0.0845. The molecule has 2 heteroatoms. The van der Waals surface area contributed by atoms with Crippen molar-refractivity contribution in [3.8, 4) is 0 Å². The van der Waals surface area contributed by atoms with Crippen LogP contribution in [-0.2, 0) is 0 Å². The summed E-state index contributed by atoms with van der Waals surface area (Å²) in [5.74, 6) is 1.20. The first-order valence-corrected chi connectivity index (χ1v) is 7.12. The third-order valence-corrected chi connectivity index (χ3v) is 4.39. The molecule has 0 radical (unpaired) electrons. The number of aliphatic hydroxyl groups excluding tert-OH is 1. The number of nitrogens with two attached hydrogens (primary N) is 1. The van der Waals surface area contributed by atoms with Gasteiger partial charge in [-0.3, -0.25) is 0 Å². The second-order valence-electron chi connectivity index (χ2n) is 5.85. The Morgan fingerprint density at radius 3 is 2.44 bits per heavy atom. The summed E-state index contributed by atoms with van der Waals surface area (Å²) >= 11 is 0. The molecule has 100 valence electrons. The van der Waals surface area contributed by atoms with Crippen molar-refractivity contribution in [1.29, 1.82) is 0 Å². The van der Waals surface area contributed by atoms with E-state index in [4.69, 9.17) is 5.73 Å². The van der Waals surface area contributed by atoms with E-state index in [0.717, 1.165) is 5.56 Å². The second-order valence-corrected chi connectivity index (χ2v) is 5.85. The lowest BCUT2D eigenvalue weighted by Crippen LogP contribution is -2.28. The molecule has 0 amide bonds. The van der Waals surface area contributed by atoms with Gasteiger partial charge < -0.3 is 10.8 Å². The van der Waals surface area contributed by atoms with Crippen LogP contribution in [0, 0.1) is 11.8 Å². The van der Waals surface area contributed by atoms with Crippen LogP contribution in [0.3, 0.4) is 0 Å². The molecule has 18 heavy (non-hydrogen) atoms. The molecule has 1 aliphatic rings. The van der Waals surface area contributed by atoms with Crippen LogP contribution in [0.15, 0.2) is 24.3 Å². The molecule has 1 saturated carbocycles. The Bertz CT molecular complexity index is 384. The largest absolute Gasteiger partial charge is 0.388 e. The molecule has 2 unspecified atom stereocenters. The molecule has 2 atom stereocenters. The summed E-state index contributed by atoms with van der Waals surface area (Å²) in [5, 5.41) is 10.6. The predicted octanol–water partition coefficient (Wildman–Crippen LogP) is 3.22. The summed E-state index contributed by atoms with van der Waals surface area (Å²) in [6, 6.07) is 8.35. The minimum Gasteiger partial charge on any atom is -0.388 e. The van der Waals surface area contributed by atoms with Crippen LogP contribution < -0.4 is 5.73 Å². The Balaban J connectivity index is 2.25. The summed E-state index contributed by atoms with van der Waals surface area (Å²) in [6.45, 7) is 4.80. The maximum Gasteiger partial charge on any atom is 0.0835 e. The smallest absolute Gasteiger partial charge is 0.0835 e. The van der Waals surface area contributed by atoms with E-state index in [1.807, 2.05) is 6.07 Å². The normalized spacial score (nSPS) is 19.6. The Labute approximate surface area is 110 Å². The Hall–Kier alpha value is -0.860. The minimum atomic E-state index is -0.424. The van der Waals surface area contributed by atoms with Crippen LogP contribution in [0.5, 0.6) is 0 Å². The fraction of sp³-hybridized carbons (Fsp3) is 0.625. The fourth-order valence-corrected chi connectivity index (χ4v) is 2.87. The Kier molecular flexibility index (Phi) is 4.41. The fourth-order valence-electron chi connectivity index (χ4n) is 2.87. The average Bonchev–Trinajstić information content (AvgIpc) is 2.27. The molecule has 0 aliphatic heterocycles. The molecule has 0 aromatic heterocycles. The SMILES string of the molecule is CC(C)C(CN)C(O)c1ccccc1C1CCC1. The zero-order valence-corrected chi connectivity index (χ0v) is 11.5. The summed E-state index contributed by atoms with van der Waals surface area (Å²) in [6.07, 6.45) is 3.42. The summed E-state index contributed by atoms with van der Waals surface area (Å²) in [5.41, 5.74) is 8.27. The van der Waals surface area contributed by atoms with Crippen molar-refractivity contribution >= 4 is 0 Å². The standard InChI is InChI=1S/C16H25NO/c1-11(2)15(10-17)16(18)14-9-4-3-8-13(14)12-6-5-7-12/h3-4,8-9,11-12,15-16,18H,5-7,10,17H2,1-2H3. The van der Waals surface area contributed by atoms with Gasteiger partial charge in [-0.05, 0) is 42.3 Å². The lowest BCUT2D eigenvalue weighted by Gasteiger charge is -2.32. The molecule has 0 spiro atoms. The van der Waals surface area contributed by atoms with E-state index in [0.29, 0.717) is 18.4 Å². The van der Waals surface area contributed by atoms with E-state index in [2.05, 4.69) is 32.0 Å². The van der Waals surface area contributed by atoms with Gasteiger partial charge in [-0.2, -0.15) is 0 Å². The second kappa shape index (κ2) is 5.85. The first-order valence-electron chi connectivity index (χ1n) is 7.12. The quantitative estimate of drug-likeness (QED) is 0.839. The Morgan fingerprint density at radius 2 is 1.94 bits per heavy atom. The highest BCUT2D eigenvalue weighted by molar-refractivity contribution is 5.33. The van der Waals surface area contributed by atoms with Gasteiger partial charge >= 0.3 is 0 Å². The van der Waals surface area contributed by atoms with Gasteiger partial charge in [0.05, 0.1) is 6.10 Å². The molecular weight excluding hydrogens is 222 g/mol. The van der Waals surface area contributed by atoms with E-state index in [-0.39, 0.29) is 5.92 Å². The highest BCUT2D eigenvalue weighted by Crippen LogP contribution is 2.41. The zero-order valence-electron chi connectivity index (χ0n) is 11.5. The van der Waals surface area contributed by atoms with Gasteiger partial charge in [-0.15, -0.1) is 0 Å². The minimum absolute atomic E-state index is 0.145. The monoisotopic (exact) mass is 247 g/mol. The summed E-state index contributed by atoms with van der Waals surface area (Å²) in [7, 11) is 0. The van der Waals surface area contributed by atoms with Crippen molar-refractivity contribution in [2.75, 3.05) is 6.54 Å². The molecular formula is C16H25NO. The highest BCUT2D eigenvalue weighted by atomic mass is 16.3. The van der Waals surface area contributed by atoms with Gasteiger partial charge in [0.15, 0.2) is 0 Å². The molecule has 1 aliphatic carbocycles. The Morgan fingerprint density at radius 1 is 1.28 bits per heavy atom. The van der Waals surface area contributed by atoms with Crippen molar-refractivity contribution in [2.24, 2.45) is 17.6 Å². The summed E-state index contributed by atoms with van der Waals surface area (Å²) in [4.78, 5) is 0. The maximum atomic E-state index is 10.6. The van der Waals surface area contributed by atoms with Crippen molar-refractivity contribution in [2.45, 2.75) is 45.1 Å². The van der Waals surface area contributed by atoms with Crippen LogP contribution in [0.2, 0.25) is 0 Å². The number of aliphatic hydroxyl groups is 1. The van der Waals surface area contributed by atoms with Crippen molar-refractivity contribution in [3.63, 3.8) is 0 Å². The average molecular weight is 247 g/mol. The van der Waals surface area contributed by atoms with Gasteiger partial charge in [-0.1, -0.05) is 44.5 Å². The van der Waals surface area contributed by atoms with Crippen LogP contribution in [-0.4, -0.2) is 11.7 Å². The molecule has 3 N–H and O–H groups in total. The van der Waals surface area contributed by atoms with Gasteiger partial charge in [0, 0.05) is 5.92 Å². The van der Waals surface area contributed by atoms with E-state index < -0.39 is 6.10 Å². The number of rotatable bonds is 5. The van der Waals surface area contributed by atoms with Crippen LogP contribution in [0.1, 0.15) is 56.3 Å². The number of hydrogen-bond donors (Lipinski definition) is 2. The van der Waals surface area contributed by atoms with Gasteiger partial charge in [0.1, 0.15) is 0 Å². The highest BCUT2D eigenvalue weighted by Gasteiger charge is 2.28. The number of benzene rings is 1. The first-order chi connectivity index (χ1) is 8.65. The van der Waals surface area contributed by atoms with Gasteiger partial charge in [0.25, 0.3) is 0 Å². The molecule has 1 aromatic carbocycles. The van der Waals surface area contributed by atoms with E-state index in [1.54, 1.807) is 0 Å². The topological polar surface area (TPSA) is 46.2 Å². The van der Waals surface area contributed by atoms with E-state index in [9.17, 15) is 5.11 Å². The zero-order chi connectivity index (χ0) is 13.1. The first kappa shape index (κ1) is 13.6. The van der Waals surface area contributed by atoms with Crippen molar-refractivity contribution < 1.29 is 5.11 Å². The molecule has 2 nitrogen and oxygen atoms in total. The predicted molar refractivity (Wildman–Crippen MR) is 75.4 cm³/mol. The molecule has 1 aromatic rings. The molecule has 0 saturated heterocycles. The van der Waals surface area contributed by atoms with E-state index in [1.165, 1.54) is 24.8 Å².